The van der Waals surface area contributed by atoms with Crippen molar-refractivity contribution in [3.05, 3.63) is 96.1 Å². The second-order valence-corrected chi connectivity index (χ2v) is 10.8. The zero-order valence-electron chi connectivity index (χ0n) is 19.7. The maximum absolute atomic E-state index is 10.5. The quantitative estimate of drug-likeness (QED) is 0.366. The van der Waals surface area contributed by atoms with Crippen LogP contribution in [0.3, 0.4) is 0 Å². The number of nitriles is 1. The van der Waals surface area contributed by atoms with Crippen molar-refractivity contribution >= 4 is 11.8 Å². The van der Waals surface area contributed by atoms with Crippen LogP contribution in [0.5, 0.6) is 5.75 Å². The number of nitrogens with zero attached hydrogens (tertiary/aromatic N) is 2. The molecule has 3 aromatic carbocycles. The molecule has 1 heterocycles. The van der Waals surface area contributed by atoms with Gasteiger partial charge in [0.25, 0.3) is 0 Å². The summed E-state index contributed by atoms with van der Waals surface area (Å²) < 4.78 is 5.36. The minimum Gasteiger partial charge on any atom is -0.497 e. The molecule has 0 amide bonds. The summed E-state index contributed by atoms with van der Waals surface area (Å²) in [5.41, 5.74) is 1.53. The van der Waals surface area contributed by atoms with Crippen molar-refractivity contribution in [1.29, 1.82) is 5.26 Å². The van der Waals surface area contributed by atoms with Gasteiger partial charge in [0.2, 0.25) is 0 Å². The molecular formula is C29H32N2OS. The Hall–Kier alpha value is -2.74. The number of rotatable bonds is 9. The third-order valence-electron chi connectivity index (χ3n) is 6.88. The van der Waals surface area contributed by atoms with Crippen LogP contribution in [-0.4, -0.2) is 35.9 Å². The van der Waals surface area contributed by atoms with E-state index < -0.39 is 5.41 Å². The van der Waals surface area contributed by atoms with Crippen LogP contribution < -0.4 is 4.74 Å². The van der Waals surface area contributed by atoms with E-state index >= 15 is 0 Å². The average Bonchev–Trinajstić information content (AvgIpc) is 2.83. The SMILES string of the molecule is COc1cccc(SC2CN(C(C)(C)CCC(C#N)(c3ccccc3)c3ccccc3)C2)c1. The van der Waals surface area contributed by atoms with Crippen LogP contribution in [0.25, 0.3) is 0 Å². The number of ether oxygens (including phenoxy) is 1. The van der Waals surface area contributed by atoms with Gasteiger partial charge in [0.15, 0.2) is 0 Å². The summed E-state index contributed by atoms with van der Waals surface area (Å²) in [4.78, 5) is 3.82. The van der Waals surface area contributed by atoms with Crippen LogP contribution in [0.4, 0.5) is 0 Å². The zero-order valence-corrected chi connectivity index (χ0v) is 20.5. The van der Waals surface area contributed by atoms with Crippen LogP contribution in [0.15, 0.2) is 89.8 Å². The number of likely N-dealkylation sites (tertiary alicyclic amines) is 1. The lowest BCUT2D eigenvalue weighted by molar-refractivity contribution is 0.0510. The molecule has 3 aromatic rings. The lowest BCUT2D eigenvalue weighted by Crippen LogP contribution is -2.59. The highest BCUT2D eigenvalue weighted by Gasteiger charge is 2.41. The zero-order chi connectivity index (χ0) is 23.3. The first kappa shape index (κ1) is 23.4. The molecule has 0 aromatic heterocycles. The summed E-state index contributed by atoms with van der Waals surface area (Å²) >= 11 is 1.93. The number of benzene rings is 3. The Bertz CT molecular complexity index is 1050. The summed E-state index contributed by atoms with van der Waals surface area (Å²) in [6.45, 7) is 6.76. The Labute approximate surface area is 202 Å². The molecule has 1 fully saturated rings. The smallest absolute Gasteiger partial charge is 0.119 e. The van der Waals surface area contributed by atoms with Gasteiger partial charge in [-0.2, -0.15) is 5.26 Å². The van der Waals surface area contributed by atoms with E-state index in [4.69, 9.17) is 4.74 Å². The van der Waals surface area contributed by atoms with E-state index in [0.29, 0.717) is 5.25 Å². The average molecular weight is 457 g/mol. The molecule has 3 nitrogen and oxygen atoms in total. The fourth-order valence-electron chi connectivity index (χ4n) is 4.61. The summed E-state index contributed by atoms with van der Waals surface area (Å²) in [6, 6.07) is 31.5. The number of methoxy groups -OCH3 is 1. The molecule has 0 N–H and O–H groups in total. The summed E-state index contributed by atoms with van der Waals surface area (Å²) in [5, 5.41) is 11.0. The van der Waals surface area contributed by atoms with Crippen LogP contribution in [0.1, 0.15) is 37.8 Å². The Morgan fingerprint density at radius 3 is 2.06 bits per heavy atom. The fraction of sp³-hybridized carbons (Fsp3) is 0.345. The van der Waals surface area contributed by atoms with E-state index in [1.807, 2.05) is 54.2 Å². The molecule has 1 aliphatic heterocycles. The van der Waals surface area contributed by atoms with Crippen molar-refractivity contribution in [1.82, 2.24) is 4.90 Å². The molecule has 0 spiro atoms. The molecule has 33 heavy (non-hydrogen) atoms. The summed E-state index contributed by atoms with van der Waals surface area (Å²) in [5.74, 6) is 0.908. The maximum Gasteiger partial charge on any atom is 0.119 e. The van der Waals surface area contributed by atoms with Crippen LogP contribution in [-0.2, 0) is 5.41 Å². The minimum absolute atomic E-state index is 0.0249. The monoisotopic (exact) mass is 456 g/mol. The fourth-order valence-corrected chi connectivity index (χ4v) is 5.85. The second kappa shape index (κ2) is 10.0. The Kier molecular flexibility index (Phi) is 7.12. The topological polar surface area (TPSA) is 36.3 Å². The van der Waals surface area contributed by atoms with Crippen molar-refractivity contribution in [3.63, 3.8) is 0 Å². The highest BCUT2D eigenvalue weighted by atomic mass is 32.2. The number of hydrogen-bond acceptors (Lipinski definition) is 4. The van der Waals surface area contributed by atoms with Crippen molar-refractivity contribution in [2.45, 2.75) is 47.8 Å². The van der Waals surface area contributed by atoms with E-state index in [9.17, 15) is 5.26 Å². The molecule has 0 saturated carbocycles. The van der Waals surface area contributed by atoms with Gasteiger partial charge in [-0.25, -0.2) is 0 Å². The molecule has 1 aliphatic rings. The van der Waals surface area contributed by atoms with Gasteiger partial charge in [-0.3, -0.25) is 4.90 Å². The van der Waals surface area contributed by atoms with Gasteiger partial charge < -0.3 is 4.74 Å². The molecule has 170 valence electrons. The molecule has 0 unspecified atom stereocenters. The standard InChI is InChI=1S/C29H32N2OS/c1-28(2,31-20-27(21-31)33-26-16-10-15-25(19-26)32-3)17-18-29(22-30,23-11-6-4-7-12-23)24-13-8-5-9-14-24/h4-16,19,27H,17-18,20-21H2,1-3H3. The summed E-state index contributed by atoms with van der Waals surface area (Å²) in [6.07, 6.45) is 1.73. The van der Waals surface area contributed by atoms with Crippen molar-refractivity contribution < 1.29 is 4.74 Å². The van der Waals surface area contributed by atoms with Crippen LogP contribution in [0.2, 0.25) is 0 Å². The second-order valence-electron chi connectivity index (χ2n) is 9.39. The number of thioether (sulfide) groups is 1. The van der Waals surface area contributed by atoms with Gasteiger partial charge in [-0.15, -0.1) is 11.8 Å². The lowest BCUT2D eigenvalue weighted by Gasteiger charge is -2.50. The van der Waals surface area contributed by atoms with Crippen molar-refractivity contribution in [2.75, 3.05) is 20.2 Å². The first-order valence-electron chi connectivity index (χ1n) is 11.5. The molecule has 0 radical (unpaired) electrons. The largest absolute Gasteiger partial charge is 0.497 e. The van der Waals surface area contributed by atoms with Crippen molar-refractivity contribution in [2.24, 2.45) is 0 Å². The third-order valence-corrected chi connectivity index (χ3v) is 8.04. The van der Waals surface area contributed by atoms with E-state index in [0.717, 1.165) is 42.8 Å². The molecule has 4 heteroatoms. The highest BCUT2D eigenvalue weighted by molar-refractivity contribution is 8.00. The molecule has 0 atom stereocenters. The Balaban J connectivity index is 1.44. The molecule has 4 rings (SSSR count). The Morgan fingerprint density at radius 2 is 1.52 bits per heavy atom. The van der Waals surface area contributed by atoms with Crippen molar-refractivity contribution in [3.8, 4) is 11.8 Å². The molecule has 1 saturated heterocycles. The van der Waals surface area contributed by atoms with Gasteiger partial charge in [0, 0.05) is 28.8 Å². The lowest BCUT2D eigenvalue weighted by atomic mass is 9.70. The molecule has 0 aliphatic carbocycles. The first-order chi connectivity index (χ1) is 16.0. The first-order valence-corrected chi connectivity index (χ1v) is 12.4. The minimum atomic E-state index is -0.639. The number of hydrogen-bond donors (Lipinski definition) is 0. The molecular weight excluding hydrogens is 424 g/mol. The predicted molar refractivity (Wildman–Crippen MR) is 137 cm³/mol. The van der Waals surface area contributed by atoms with Gasteiger partial charge in [-0.1, -0.05) is 66.7 Å². The van der Waals surface area contributed by atoms with Crippen LogP contribution >= 0.6 is 11.8 Å². The maximum atomic E-state index is 10.5. The third kappa shape index (κ3) is 5.11. The van der Waals surface area contributed by atoms with Gasteiger partial charge in [0.1, 0.15) is 11.2 Å². The highest BCUT2D eigenvalue weighted by Crippen LogP contribution is 2.41. The predicted octanol–water partition coefficient (Wildman–Crippen LogP) is 6.54. The van der Waals surface area contributed by atoms with Gasteiger partial charge in [0.05, 0.1) is 13.2 Å². The normalized spacial score (nSPS) is 15.0. The van der Waals surface area contributed by atoms with E-state index in [1.54, 1.807) is 7.11 Å². The van der Waals surface area contributed by atoms with E-state index in [-0.39, 0.29) is 5.54 Å². The van der Waals surface area contributed by atoms with Gasteiger partial charge in [-0.05, 0) is 56.0 Å². The van der Waals surface area contributed by atoms with Crippen LogP contribution in [0, 0.1) is 11.3 Å². The van der Waals surface area contributed by atoms with E-state index in [2.05, 4.69) is 67.3 Å². The molecule has 0 bridgehead atoms. The summed E-state index contributed by atoms with van der Waals surface area (Å²) in [7, 11) is 1.71. The van der Waals surface area contributed by atoms with E-state index in [1.165, 1.54) is 4.90 Å². The van der Waals surface area contributed by atoms with Gasteiger partial charge >= 0.3 is 0 Å². The Morgan fingerprint density at radius 1 is 0.909 bits per heavy atom.